The smallest absolute Gasteiger partial charge is 0.107 e. The summed E-state index contributed by atoms with van der Waals surface area (Å²) in [5.41, 5.74) is 0. The molecule has 0 aromatic carbocycles. The zero-order valence-electron chi connectivity index (χ0n) is 7.21. The van der Waals surface area contributed by atoms with E-state index in [2.05, 4.69) is 6.92 Å². The van der Waals surface area contributed by atoms with E-state index in [1.807, 2.05) is 0 Å². The second-order valence-electron chi connectivity index (χ2n) is 2.80. The molecule has 1 aliphatic rings. The van der Waals surface area contributed by atoms with Gasteiger partial charge in [-0.25, -0.2) is 0 Å². The van der Waals surface area contributed by atoms with E-state index in [4.69, 9.17) is 14.2 Å². The number of ether oxygens (including phenoxy) is 3. The van der Waals surface area contributed by atoms with Crippen LogP contribution in [0.4, 0.5) is 0 Å². The van der Waals surface area contributed by atoms with Crippen LogP contribution in [0.1, 0.15) is 13.3 Å². The Morgan fingerprint density at radius 2 is 2.09 bits per heavy atom. The molecule has 1 saturated heterocycles. The molecular weight excluding hydrogens is 144 g/mol. The third-order valence-electron chi connectivity index (χ3n) is 1.76. The summed E-state index contributed by atoms with van der Waals surface area (Å²) in [6, 6.07) is 0. The lowest BCUT2D eigenvalue weighted by molar-refractivity contribution is 0.0916. The minimum atomic E-state index is 0.359. The van der Waals surface area contributed by atoms with Gasteiger partial charge in [0, 0.05) is 20.3 Å². The number of rotatable bonds is 6. The molecule has 0 radical (unpaired) electrons. The first-order valence-corrected chi connectivity index (χ1v) is 4.06. The molecule has 0 aromatic heterocycles. The molecule has 1 fully saturated rings. The van der Waals surface area contributed by atoms with E-state index < -0.39 is 0 Å². The Morgan fingerprint density at radius 1 is 1.36 bits per heavy atom. The van der Waals surface area contributed by atoms with Crippen molar-refractivity contribution in [3.63, 3.8) is 0 Å². The number of hydrogen-bond acceptors (Lipinski definition) is 3. The largest absolute Gasteiger partial charge is 0.385 e. The Morgan fingerprint density at radius 3 is 2.64 bits per heavy atom. The first kappa shape index (κ1) is 8.97. The van der Waals surface area contributed by atoms with Crippen LogP contribution in [0.5, 0.6) is 0 Å². The van der Waals surface area contributed by atoms with Crippen molar-refractivity contribution in [2.24, 2.45) is 0 Å². The lowest BCUT2D eigenvalue weighted by atomic mass is 10.4. The second-order valence-corrected chi connectivity index (χ2v) is 2.80. The summed E-state index contributed by atoms with van der Waals surface area (Å²) in [6.45, 7) is 4.36. The third kappa shape index (κ3) is 3.70. The van der Waals surface area contributed by atoms with E-state index in [1.54, 1.807) is 7.11 Å². The predicted octanol–water partition coefficient (Wildman–Crippen LogP) is 0.827. The van der Waals surface area contributed by atoms with Gasteiger partial charge < -0.3 is 14.2 Å². The van der Waals surface area contributed by atoms with Gasteiger partial charge in [0.1, 0.15) is 6.10 Å². The zero-order chi connectivity index (χ0) is 8.10. The molecule has 0 amide bonds. The monoisotopic (exact) mass is 160 g/mol. The number of epoxide rings is 1. The van der Waals surface area contributed by atoms with Gasteiger partial charge in [-0.15, -0.1) is 0 Å². The Bertz CT molecular complexity index is 106. The standard InChI is InChI=1S/C8H16O3/c1-7-8(11-7)6-10-5-3-4-9-2/h7-8H,3-6H2,1-2H3. The van der Waals surface area contributed by atoms with Crippen LogP contribution >= 0.6 is 0 Å². The van der Waals surface area contributed by atoms with Gasteiger partial charge >= 0.3 is 0 Å². The Balaban J connectivity index is 1.74. The highest BCUT2D eigenvalue weighted by atomic mass is 16.6. The molecule has 0 aromatic rings. The van der Waals surface area contributed by atoms with Crippen LogP contribution in [0.25, 0.3) is 0 Å². The van der Waals surface area contributed by atoms with Gasteiger partial charge in [-0.1, -0.05) is 0 Å². The predicted molar refractivity (Wildman–Crippen MR) is 41.6 cm³/mol. The maximum Gasteiger partial charge on any atom is 0.107 e. The average molecular weight is 160 g/mol. The van der Waals surface area contributed by atoms with E-state index in [9.17, 15) is 0 Å². The van der Waals surface area contributed by atoms with Crippen LogP contribution in [-0.2, 0) is 14.2 Å². The Kier molecular flexibility index (Phi) is 3.83. The summed E-state index contributed by atoms with van der Waals surface area (Å²) in [5.74, 6) is 0. The van der Waals surface area contributed by atoms with Crippen LogP contribution in [-0.4, -0.2) is 39.1 Å². The van der Waals surface area contributed by atoms with Crippen molar-refractivity contribution in [3.05, 3.63) is 0 Å². The van der Waals surface area contributed by atoms with Crippen LogP contribution in [0.2, 0.25) is 0 Å². The highest BCUT2D eigenvalue weighted by Crippen LogP contribution is 2.20. The van der Waals surface area contributed by atoms with Crippen LogP contribution in [0, 0.1) is 0 Å². The van der Waals surface area contributed by atoms with E-state index in [1.165, 1.54) is 0 Å². The summed E-state index contributed by atoms with van der Waals surface area (Å²) in [5, 5.41) is 0. The van der Waals surface area contributed by atoms with Crippen molar-refractivity contribution in [3.8, 4) is 0 Å². The Hall–Kier alpha value is -0.120. The molecule has 11 heavy (non-hydrogen) atoms. The van der Waals surface area contributed by atoms with Crippen LogP contribution in [0.3, 0.4) is 0 Å². The highest BCUT2D eigenvalue weighted by Gasteiger charge is 2.33. The molecule has 0 aliphatic carbocycles. The van der Waals surface area contributed by atoms with Gasteiger partial charge in [-0.05, 0) is 13.3 Å². The zero-order valence-corrected chi connectivity index (χ0v) is 7.21. The molecule has 1 aliphatic heterocycles. The van der Waals surface area contributed by atoms with Crippen molar-refractivity contribution < 1.29 is 14.2 Å². The van der Waals surface area contributed by atoms with Gasteiger partial charge in [-0.2, -0.15) is 0 Å². The number of methoxy groups -OCH3 is 1. The van der Waals surface area contributed by atoms with Gasteiger partial charge in [-0.3, -0.25) is 0 Å². The lowest BCUT2D eigenvalue weighted by Crippen LogP contribution is -2.06. The van der Waals surface area contributed by atoms with Crippen molar-refractivity contribution in [2.45, 2.75) is 25.6 Å². The van der Waals surface area contributed by atoms with E-state index in [-0.39, 0.29) is 0 Å². The fourth-order valence-electron chi connectivity index (χ4n) is 0.910. The van der Waals surface area contributed by atoms with Gasteiger partial charge in [0.2, 0.25) is 0 Å². The summed E-state index contributed by atoms with van der Waals surface area (Å²) in [4.78, 5) is 0. The normalized spacial score (nSPS) is 28.9. The van der Waals surface area contributed by atoms with Crippen molar-refractivity contribution in [1.82, 2.24) is 0 Å². The fourth-order valence-corrected chi connectivity index (χ4v) is 0.910. The van der Waals surface area contributed by atoms with Gasteiger partial charge in [0.05, 0.1) is 12.7 Å². The molecule has 0 spiro atoms. The molecule has 66 valence electrons. The molecular formula is C8H16O3. The summed E-state index contributed by atoms with van der Waals surface area (Å²) in [6.07, 6.45) is 1.74. The average Bonchev–Trinajstić information content (AvgIpc) is 2.67. The molecule has 2 unspecified atom stereocenters. The molecule has 0 N–H and O–H groups in total. The van der Waals surface area contributed by atoms with Crippen LogP contribution in [0.15, 0.2) is 0 Å². The van der Waals surface area contributed by atoms with Crippen LogP contribution < -0.4 is 0 Å². The maximum atomic E-state index is 5.33. The molecule has 3 heteroatoms. The first-order chi connectivity index (χ1) is 5.34. The Labute approximate surface area is 67.6 Å². The summed E-state index contributed by atoms with van der Waals surface area (Å²) >= 11 is 0. The fraction of sp³-hybridized carbons (Fsp3) is 1.00. The van der Waals surface area contributed by atoms with E-state index in [0.717, 1.165) is 26.2 Å². The topological polar surface area (TPSA) is 31.0 Å². The summed E-state index contributed by atoms with van der Waals surface area (Å²) in [7, 11) is 1.70. The van der Waals surface area contributed by atoms with Gasteiger partial charge in [0.15, 0.2) is 0 Å². The van der Waals surface area contributed by atoms with E-state index in [0.29, 0.717) is 12.2 Å². The highest BCUT2D eigenvalue weighted by molar-refractivity contribution is 4.79. The second kappa shape index (κ2) is 4.70. The number of hydrogen-bond donors (Lipinski definition) is 0. The van der Waals surface area contributed by atoms with E-state index >= 15 is 0 Å². The SMILES string of the molecule is COCCCOCC1OC1C. The lowest BCUT2D eigenvalue weighted by Gasteiger charge is -2.00. The van der Waals surface area contributed by atoms with Gasteiger partial charge in [0.25, 0.3) is 0 Å². The van der Waals surface area contributed by atoms with Crippen molar-refractivity contribution in [1.29, 1.82) is 0 Å². The molecule has 2 atom stereocenters. The minimum Gasteiger partial charge on any atom is -0.385 e. The minimum absolute atomic E-state index is 0.359. The molecule has 3 nitrogen and oxygen atoms in total. The summed E-state index contributed by atoms with van der Waals surface area (Å²) < 4.78 is 15.4. The molecule has 1 rings (SSSR count). The third-order valence-corrected chi connectivity index (χ3v) is 1.76. The maximum absolute atomic E-state index is 5.33. The van der Waals surface area contributed by atoms with Crippen molar-refractivity contribution >= 4 is 0 Å². The van der Waals surface area contributed by atoms with Crippen molar-refractivity contribution in [2.75, 3.05) is 26.9 Å². The molecule has 0 saturated carbocycles. The molecule has 0 bridgehead atoms. The first-order valence-electron chi connectivity index (χ1n) is 4.06. The molecule has 1 heterocycles. The quantitative estimate of drug-likeness (QED) is 0.426.